The Labute approximate surface area is 130 Å². The third-order valence-electron chi connectivity index (χ3n) is 3.74. The van der Waals surface area contributed by atoms with Gasteiger partial charge in [0, 0.05) is 12.6 Å². The second kappa shape index (κ2) is 8.61. The van der Waals surface area contributed by atoms with Gasteiger partial charge in [0.15, 0.2) is 0 Å². The fourth-order valence-corrected chi connectivity index (χ4v) is 2.58. The molecule has 0 atom stereocenters. The molecule has 1 aromatic rings. The van der Waals surface area contributed by atoms with Crippen molar-refractivity contribution >= 4 is 5.71 Å². The molecule has 114 valence electrons. The Kier molecular flexibility index (Phi) is 7.14. The van der Waals surface area contributed by atoms with Gasteiger partial charge in [0.25, 0.3) is 0 Å². The quantitative estimate of drug-likeness (QED) is 0.466. The molecule has 0 aliphatic heterocycles. The molecule has 1 heteroatoms. The molecule has 1 aromatic carbocycles. The molecule has 0 aliphatic carbocycles. The Morgan fingerprint density at radius 3 is 2.33 bits per heavy atom. The summed E-state index contributed by atoms with van der Waals surface area (Å²) in [5.41, 5.74) is 6.42. The first-order chi connectivity index (χ1) is 10.0. The van der Waals surface area contributed by atoms with E-state index in [1.807, 2.05) is 7.05 Å². The topological polar surface area (TPSA) is 12.4 Å². The smallest absolute Gasteiger partial charge is 0.0648 e. The molecule has 1 rings (SSSR count). The third-order valence-corrected chi connectivity index (χ3v) is 3.74. The predicted octanol–water partition coefficient (Wildman–Crippen LogP) is 5.74. The van der Waals surface area contributed by atoms with Gasteiger partial charge in [-0.1, -0.05) is 51.1 Å². The van der Waals surface area contributed by atoms with Crippen molar-refractivity contribution in [3.05, 3.63) is 58.7 Å². The van der Waals surface area contributed by atoms with E-state index in [2.05, 4.69) is 76.0 Å². The molecule has 0 saturated heterocycles. The highest BCUT2D eigenvalue weighted by molar-refractivity contribution is 6.10. The van der Waals surface area contributed by atoms with Crippen LogP contribution in [0.3, 0.4) is 0 Å². The van der Waals surface area contributed by atoms with E-state index in [-0.39, 0.29) is 0 Å². The summed E-state index contributed by atoms with van der Waals surface area (Å²) in [6, 6.07) is 8.45. The highest BCUT2D eigenvalue weighted by Gasteiger charge is 2.09. The molecule has 0 aromatic heterocycles. The van der Waals surface area contributed by atoms with Crippen LogP contribution in [0.1, 0.15) is 51.7 Å². The average Bonchev–Trinajstić information content (AvgIpc) is 2.47. The largest absolute Gasteiger partial charge is 0.288 e. The maximum atomic E-state index is 4.52. The third kappa shape index (κ3) is 5.00. The molecule has 0 heterocycles. The zero-order valence-corrected chi connectivity index (χ0v) is 14.4. The van der Waals surface area contributed by atoms with E-state index < -0.39 is 0 Å². The lowest BCUT2D eigenvalue weighted by atomic mass is 9.92. The monoisotopic (exact) mass is 283 g/mol. The van der Waals surface area contributed by atoms with Crippen molar-refractivity contribution in [3.63, 3.8) is 0 Å². The maximum absolute atomic E-state index is 4.52. The summed E-state index contributed by atoms with van der Waals surface area (Å²) < 4.78 is 0. The van der Waals surface area contributed by atoms with Crippen LogP contribution < -0.4 is 0 Å². The second-order valence-electron chi connectivity index (χ2n) is 5.86. The first-order valence-corrected chi connectivity index (χ1v) is 7.92. The van der Waals surface area contributed by atoms with Gasteiger partial charge in [0.2, 0.25) is 0 Å². The van der Waals surface area contributed by atoms with Crippen molar-refractivity contribution in [1.29, 1.82) is 0 Å². The van der Waals surface area contributed by atoms with Crippen LogP contribution >= 0.6 is 0 Å². The number of nitrogens with zero attached hydrogens (tertiary/aromatic N) is 1. The Morgan fingerprint density at radius 2 is 1.86 bits per heavy atom. The number of aliphatic imine (C=N–C) groups is 1. The van der Waals surface area contributed by atoms with E-state index in [4.69, 9.17) is 0 Å². The van der Waals surface area contributed by atoms with Crippen LogP contribution in [0.2, 0.25) is 0 Å². The normalized spacial score (nSPS) is 14.0. The minimum absolute atomic E-state index is 0.673. The van der Waals surface area contributed by atoms with Gasteiger partial charge in [-0.05, 0) is 55.4 Å². The summed E-state index contributed by atoms with van der Waals surface area (Å²) >= 11 is 0. The number of benzene rings is 1. The fourth-order valence-electron chi connectivity index (χ4n) is 2.58. The predicted molar refractivity (Wildman–Crippen MR) is 95.2 cm³/mol. The van der Waals surface area contributed by atoms with Crippen LogP contribution in [-0.2, 0) is 0 Å². The molecule has 0 N–H and O–H groups in total. The Bertz CT molecular complexity index is 545. The van der Waals surface area contributed by atoms with Crippen molar-refractivity contribution in [1.82, 2.24) is 0 Å². The molecular weight excluding hydrogens is 254 g/mol. The van der Waals surface area contributed by atoms with Crippen molar-refractivity contribution in [2.45, 2.75) is 47.5 Å². The van der Waals surface area contributed by atoms with Crippen LogP contribution in [0.4, 0.5) is 0 Å². The van der Waals surface area contributed by atoms with Gasteiger partial charge in [-0.3, -0.25) is 4.99 Å². The van der Waals surface area contributed by atoms with Crippen LogP contribution in [0.5, 0.6) is 0 Å². The fraction of sp³-hybridized carbons (Fsp3) is 0.450. The number of aryl methyl sites for hydroxylation is 1. The van der Waals surface area contributed by atoms with Gasteiger partial charge in [-0.25, -0.2) is 0 Å². The summed E-state index contributed by atoms with van der Waals surface area (Å²) in [7, 11) is 1.88. The van der Waals surface area contributed by atoms with E-state index in [1.165, 1.54) is 22.3 Å². The lowest BCUT2D eigenvalue weighted by Gasteiger charge is -2.14. The molecule has 0 spiro atoms. The van der Waals surface area contributed by atoms with Crippen molar-refractivity contribution in [2.24, 2.45) is 10.9 Å². The number of hydrogen-bond acceptors (Lipinski definition) is 1. The molecule has 0 fully saturated rings. The average molecular weight is 283 g/mol. The van der Waals surface area contributed by atoms with E-state index >= 15 is 0 Å². The zero-order valence-electron chi connectivity index (χ0n) is 14.4. The molecule has 1 nitrogen and oxygen atoms in total. The zero-order chi connectivity index (χ0) is 15.8. The summed E-state index contributed by atoms with van der Waals surface area (Å²) in [6.45, 7) is 11.0. The van der Waals surface area contributed by atoms with E-state index in [0.717, 1.165) is 18.6 Å². The van der Waals surface area contributed by atoms with Crippen molar-refractivity contribution in [2.75, 3.05) is 7.05 Å². The summed E-state index contributed by atoms with van der Waals surface area (Å²) in [6.07, 6.45) is 6.68. The van der Waals surface area contributed by atoms with E-state index in [0.29, 0.717) is 5.92 Å². The summed E-state index contributed by atoms with van der Waals surface area (Å²) in [5, 5.41) is 0. The minimum Gasteiger partial charge on any atom is -0.288 e. The van der Waals surface area contributed by atoms with Gasteiger partial charge >= 0.3 is 0 Å². The number of hydrogen-bond donors (Lipinski definition) is 0. The molecule has 21 heavy (non-hydrogen) atoms. The van der Waals surface area contributed by atoms with E-state index in [9.17, 15) is 0 Å². The van der Waals surface area contributed by atoms with E-state index in [1.54, 1.807) is 0 Å². The van der Waals surface area contributed by atoms with Gasteiger partial charge in [0.1, 0.15) is 0 Å². The molecular formula is C20H29N. The van der Waals surface area contributed by atoms with Gasteiger partial charge < -0.3 is 0 Å². The standard InChI is InChI=1S/C20H29N/c1-7-17(13-15(3)4)18(8-2)14-20(21-6)19-12-10-9-11-16(19)5/h7,9-12,14-15H,8,13H2,1-6H3/b17-7-,18-14-,21-20?. The Morgan fingerprint density at radius 1 is 1.19 bits per heavy atom. The highest BCUT2D eigenvalue weighted by atomic mass is 14.7. The SMILES string of the molecule is C/C=C(CC(C)C)\C(=C/C(=NC)c1ccccc1C)CC. The Balaban J connectivity index is 3.19. The first-order valence-electron chi connectivity index (χ1n) is 7.92. The van der Waals surface area contributed by atoms with Gasteiger partial charge in [-0.2, -0.15) is 0 Å². The first kappa shape index (κ1) is 17.4. The van der Waals surface area contributed by atoms with Crippen LogP contribution in [0.25, 0.3) is 0 Å². The number of rotatable bonds is 6. The Hall–Kier alpha value is -1.63. The highest BCUT2D eigenvalue weighted by Crippen LogP contribution is 2.23. The van der Waals surface area contributed by atoms with Crippen LogP contribution in [0.15, 0.2) is 52.6 Å². The summed E-state index contributed by atoms with van der Waals surface area (Å²) in [4.78, 5) is 4.52. The molecule has 0 bridgehead atoms. The molecule has 0 aliphatic rings. The van der Waals surface area contributed by atoms with Crippen LogP contribution in [0, 0.1) is 12.8 Å². The molecule has 0 saturated carbocycles. The van der Waals surface area contributed by atoms with Crippen LogP contribution in [-0.4, -0.2) is 12.8 Å². The maximum Gasteiger partial charge on any atom is 0.0648 e. The summed E-state index contributed by atoms with van der Waals surface area (Å²) in [5.74, 6) is 0.673. The van der Waals surface area contributed by atoms with Gasteiger partial charge in [-0.15, -0.1) is 0 Å². The lowest BCUT2D eigenvalue weighted by Crippen LogP contribution is -2.03. The van der Waals surface area contributed by atoms with Crippen molar-refractivity contribution in [3.8, 4) is 0 Å². The van der Waals surface area contributed by atoms with Gasteiger partial charge in [0.05, 0.1) is 5.71 Å². The molecule has 0 amide bonds. The van der Waals surface area contributed by atoms with Crippen molar-refractivity contribution < 1.29 is 0 Å². The minimum atomic E-state index is 0.673. The molecule has 0 unspecified atom stereocenters. The molecule has 0 radical (unpaired) electrons. The lowest BCUT2D eigenvalue weighted by molar-refractivity contribution is 0.642. The number of allylic oxidation sites excluding steroid dienone is 4. The second-order valence-corrected chi connectivity index (χ2v) is 5.86.